The lowest BCUT2D eigenvalue weighted by atomic mass is 9.98. The summed E-state index contributed by atoms with van der Waals surface area (Å²) < 4.78 is 5.21. The SMILES string of the molecule is Cl.c1coc(CC2CNC2)c1. The lowest BCUT2D eigenvalue weighted by molar-refractivity contribution is 0.323. The number of hydrogen-bond acceptors (Lipinski definition) is 2. The van der Waals surface area contributed by atoms with E-state index in [1.807, 2.05) is 12.1 Å². The molecule has 11 heavy (non-hydrogen) atoms. The minimum atomic E-state index is 0. The molecule has 1 aromatic rings. The van der Waals surface area contributed by atoms with Crippen molar-refractivity contribution in [2.45, 2.75) is 6.42 Å². The van der Waals surface area contributed by atoms with E-state index < -0.39 is 0 Å². The van der Waals surface area contributed by atoms with E-state index in [0.717, 1.165) is 31.2 Å². The van der Waals surface area contributed by atoms with Crippen LogP contribution in [0, 0.1) is 5.92 Å². The van der Waals surface area contributed by atoms with Crippen molar-refractivity contribution in [3.05, 3.63) is 24.2 Å². The van der Waals surface area contributed by atoms with Gasteiger partial charge in [-0.25, -0.2) is 0 Å². The number of hydrogen-bond donors (Lipinski definition) is 1. The molecule has 0 amide bonds. The van der Waals surface area contributed by atoms with Crippen molar-refractivity contribution in [3.8, 4) is 0 Å². The van der Waals surface area contributed by atoms with E-state index in [9.17, 15) is 0 Å². The molecule has 0 saturated carbocycles. The monoisotopic (exact) mass is 173 g/mol. The summed E-state index contributed by atoms with van der Waals surface area (Å²) in [6.45, 7) is 2.31. The third-order valence-electron chi connectivity index (χ3n) is 1.94. The first-order chi connectivity index (χ1) is 4.95. The third-order valence-corrected chi connectivity index (χ3v) is 1.94. The Kier molecular flexibility index (Phi) is 2.97. The highest BCUT2D eigenvalue weighted by Gasteiger charge is 2.17. The molecule has 1 fully saturated rings. The van der Waals surface area contributed by atoms with Crippen molar-refractivity contribution in [1.29, 1.82) is 0 Å². The minimum absolute atomic E-state index is 0. The summed E-state index contributed by atoms with van der Waals surface area (Å²) in [6.07, 6.45) is 2.83. The summed E-state index contributed by atoms with van der Waals surface area (Å²) in [5.74, 6) is 1.93. The highest BCUT2D eigenvalue weighted by Crippen LogP contribution is 2.12. The molecule has 1 saturated heterocycles. The molecule has 2 nitrogen and oxygen atoms in total. The van der Waals surface area contributed by atoms with Crippen LogP contribution in [-0.4, -0.2) is 13.1 Å². The van der Waals surface area contributed by atoms with Crippen LogP contribution in [0.3, 0.4) is 0 Å². The van der Waals surface area contributed by atoms with Crippen molar-refractivity contribution in [2.75, 3.05) is 13.1 Å². The highest BCUT2D eigenvalue weighted by molar-refractivity contribution is 5.85. The molecule has 0 unspecified atom stereocenters. The molecule has 1 aliphatic rings. The van der Waals surface area contributed by atoms with Gasteiger partial charge >= 0.3 is 0 Å². The minimum Gasteiger partial charge on any atom is -0.469 e. The number of furan rings is 1. The second-order valence-electron chi connectivity index (χ2n) is 2.81. The van der Waals surface area contributed by atoms with Crippen molar-refractivity contribution < 1.29 is 4.42 Å². The zero-order chi connectivity index (χ0) is 6.81. The van der Waals surface area contributed by atoms with E-state index in [4.69, 9.17) is 4.42 Å². The van der Waals surface area contributed by atoms with Gasteiger partial charge in [0.2, 0.25) is 0 Å². The fourth-order valence-electron chi connectivity index (χ4n) is 1.21. The molecule has 1 aliphatic heterocycles. The zero-order valence-corrected chi connectivity index (χ0v) is 7.06. The van der Waals surface area contributed by atoms with Gasteiger partial charge in [0, 0.05) is 6.42 Å². The first-order valence-electron chi connectivity index (χ1n) is 3.68. The van der Waals surface area contributed by atoms with Crippen LogP contribution in [0.4, 0.5) is 0 Å². The van der Waals surface area contributed by atoms with Crippen molar-refractivity contribution >= 4 is 12.4 Å². The number of nitrogens with one attached hydrogen (secondary N) is 1. The largest absolute Gasteiger partial charge is 0.469 e. The molecule has 0 aromatic carbocycles. The molecule has 1 aromatic heterocycles. The molecule has 1 N–H and O–H groups in total. The van der Waals surface area contributed by atoms with Crippen molar-refractivity contribution in [1.82, 2.24) is 5.32 Å². The van der Waals surface area contributed by atoms with E-state index in [1.165, 1.54) is 0 Å². The standard InChI is InChI=1S/C8H11NO.ClH/c1-2-8(10-3-1)4-7-5-9-6-7;/h1-3,7,9H,4-6H2;1H. The molecule has 62 valence electrons. The van der Waals surface area contributed by atoms with Crippen LogP contribution in [0.15, 0.2) is 22.8 Å². The first kappa shape index (κ1) is 8.62. The molecular formula is C8H12ClNO. The zero-order valence-electron chi connectivity index (χ0n) is 6.25. The van der Waals surface area contributed by atoms with Crippen LogP contribution in [0.1, 0.15) is 5.76 Å². The van der Waals surface area contributed by atoms with Crippen LogP contribution >= 0.6 is 12.4 Å². The molecule has 0 radical (unpaired) electrons. The molecular weight excluding hydrogens is 162 g/mol. The fraction of sp³-hybridized carbons (Fsp3) is 0.500. The van der Waals surface area contributed by atoms with Gasteiger partial charge in [-0.1, -0.05) is 0 Å². The van der Waals surface area contributed by atoms with E-state index in [1.54, 1.807) is 6.26 Å². The van der Waals surface area contributed by atoms with E-state index in [2.05, 4.69) is 5.32 Å². The average Bonchev–Trinajstić information content (AvgIpc) is 2.29. The summed E-state index contributed by atoms with van der Waals surface area (Å²) in [6, 6.07) is 3.99. The third kappa shape index (κ3) is 1.98. The Labute approximate surface area is 72.4 Å². The maximum Gasteiger partial charge on any atom is 0.104 e. The molecule has 0 spiro atoms. The Balaban J connectivity index is 0.000000605. The van der Waals surface area contributed by atoms with E-state index in [-0.39, 0.29) is 12.4 Å². The summed E-state index contributed by atoms with van der Waals surface area (Å²) in [4.78, 5) is 0. The molecule has 0 bridgehead atoms. The molecule has 0 atom stereocenters. The van der Waals surface area contributed by atoms with Crippen LogP contribution in [0.5, 0.6) is 0 Å². The Hall–Kier alpha value is -0.470. The second kappa shape index (κ2) is 3.79. The van der Waals surface area contributed by atoms with Gasteiger partial charge < -0.3 is 9.73 Å². The van der Waals surface area contributed by atoms with Gasteiger partial charge in [0.1, 0.15) is 5.76 Å². The van der Waals surface area contributed by atoms with Gasteiger partial charge in [-0.3, -0.25) is 0 Å². The normalized spacial score (nSPS) is 17.1. The predicted octanol–water partition coefficient (Wildman–Crippen LogP) is 1.46. The lowest BCUT2D eigenvalue weighted by Crippen LogP contribution is -2.42. The van der Waals surface area contributed by atoms with Gasteiger partial charge in [0.05, 0.1) is 6.26 Å². The van der Waals surface area contributed by atoms with Gasteiger partial charge in [-0.2, -0.15) is 0 Å². The van der Waals surface area contributed by atoms with E-state index >= 15 is 0 Å². The maximum absolute atomic E-state index is 5.21. The number of rotatable bonds is 2. The van der Waals surface area contributed by atoms with Crippen molar-refractivity contribution in [2.24, 2.45) is 5.92 Å². The summed E-state index contributed by atoms with van der Waals surface area (Å²) in [5, 5.41) is 3.23. The summed E-state index contributed by atoms with van der Waals surface area (Å²) in [7, 11) is 0. The molecule has 3 heteroatoms. The van der Waals surface area contributed by atoms with Gasteiger partial charge in [0.15, 0.2) is 0 Å². The fourth-order valence-corrected chi connectivity index (χ4v) is 1.21. The molecule has 2 heterocycles. The Morgan fingerprint density at radius 3 is 2.82 bits per heavy atom. The summed E-state index contributed by atoms with van der Waals surface area (Å²) >= 11 is 0. The van der Waals surface area contributed by atoms with Crippen molar-refractivity contribution in [3.63, 3.8) is 0 Å². The summed E-state index contributed by atoms with van der Waals surface area (Å²) in [5.41, 5.74) is 0. The highest BCUT2D eigenvalue weighted by atomic mass is 35.5. The quantitative estimate of drug-likeness (QED) is 0.733. The average molecular weight is 174 g/mol. The van der Waals surface area contributed by atoms with Crippen LogP contribution in [-0.2, 0) is 6.42 Å². The molecule has 0 aliphatic carbocycles. The topological polar surface area (TPSA) is 25.2 Å². The van der Waals surface area contributed by atoms with E-state index in [0.29, 0.717) is 0 Å². The van der Waals surface area contributed by atoms with Gasteiger partial charge in [-0.05, 0) is 31.1 Å². The first-order valence-corrected chi connectivity index (χ1v) is 3.68. The molecule has 2 rings (SSSR count). The Morgan fingerprint density at radius 2 is 2.36 bits per heavy atom. The van der Waals surface area contributed by atoms with Gasteiger partial charge in [0.25, 0.3) is 0 Å². The maximum atomic E-state index is 5.21. The number of halogens is 1. The smallest absolute Gasteiger partial charge is 0.104 e. The van der Waals surface area contributed by atoms with Crippen LogP contribution in [0.2, 0.25) is 0 Å². The van der Waals surface area contributed by atoms with Crippen LogP contribution in [0.25, 0.3) is 0 Å². The van der Waals surface area contributed by atoms with Crippen LogP contribution < -0.4 is 5.32 Å². The lowest BCUT2D eigenvalue weighted by Gasteiger charge is -2.25. The Morgan fingerprint density at radius 1 is 1.55 bits per heavy atom. The van der Waals surface area contributed by atoms with Gasteiger partial charge in [-0.15, -0.1) is 12.4 Å². The Bertz CT molecular complexity index is 194. The second-order valence-corrected chi connectivity index (χ2v) is 2.81. The predicted molar refractivity (Wildman–Crippen MR) is 46.0 cm³/mol.